The Morgan fingerprint density at radius 1 is 0.551 bits per heavy atom. The Morgan fingerprint density at radius 3 is 1.55 bits per heavy atom. The molecule has 69 heavy (non-hydrogen) atoms. The fourth-order valence-corrected chi connectivity index (χ4v) is 8.70. The van der Waals surface area contributed by atoms with Crippen LogP contribution in [0.1, 0.15) is 69.7 Å². The number of aromatic amines is 2. The van der Waals surface area contributed by atoms with Crippen LogP contribution in [-0.4, -0.2) is 88.9 Å². The summed E-state index contributed by atoms with van der Waals surface area (Å²) >= 11 is 0. The number of carbonyl (C=O) groups is 5. The van der Waals surface area contributed by atoms with E-state index in [4.69, 9.17) is 16.2 Å². The first-order valence-corrected chi connectivity index (χ1v) is 24.0. The van der Waals surface area contributed by atoms with Crippen molar-refractivity contribution in [3.63, 3.8) is 0 Å². The zero-order valence-electron chi connectivity index (χ0n) is 40.3. The quantitative estimate of drug-likeness (QED) is 0.0353. The van der Waals surface area contributed by atoms with Crippen molar-refractivity contribution in [3.8, 4) is 5.75 Å². The highest BCUT2D eigenvalue weighted by atomic mass is 16.5. The highest BCUT2D eigenvalue weighted by Gasteiger charge is 2.33. The minimum Gasteiger partial charge on any atom is -0.494 e. The predicted molar refractivity (Wildman–Crippen MR) is 271 cm³/mol. The fraction of sp³-hybridized carbons (Fsp3) is 0.389. The predicted octanol–water partition coefficient (Wildman–Crippen LogP) is 5.12. The summed E-state index contributed by atoms with van der Waals surface area (Å²) in [4.78, 5) is 77.1. The molecule has 0 aliphatic heterocycles. The molecule has 0 bridgehead atoms. The van der Waals surface area contributed by atoms with E-state index >= 15 is 0 Å². The number of primary amides is 1. The van der Waals surface area contributed by atoms with Crippen molar-refractivity contribution >= 4 is 51.3 Å². The summed E-state index contributed by atoms with van der Waals surface area (Å²) in [5.74, 6) is -1.55. The summed E-state index contributed by atoms with van der Waals surface area (Å²) in [5, 5.41) is 17.1. The van der Waals surface area contributed by atoms with Crippen molar-refractivity contribution in [3.05, 3.63) is 138 Å². The third-order valence-electron chi connectivity index (χ3n) is 12.2. The fourth-order valence-electron chi connectivity index (χ4n) is 8.70. The molecule has 6 atom stereocenters. The molecule has 0 saturated heterocycles. The van der Waals surface area contributed by atoms with Gasteiger partial charge in [0.1, 0.15) is 23.9 Å². The highest BCUT2D eigenvalue weighted by Crippen LogP contribution is 2.22. The molecule has 6 aromatic rings. The molecule has 11 N–H and O–H groups in total. The molecular formula is C54H69N9O6. The Labute approximate surface area is 404 Å². The summed E-state index contributed by atoms with van der Waals surface area (Å²) in [7, 11) is 0. The van der Waals surface area contributed by atoms with Gasteiger partial charge < -0.3 is 52.8 Å². The van der Waals surface area contributed by atoms with Crippen LogP contribution in [0.4, 0.5) is 0 Å². The smallest absolute Gasteiger partial charge is 0.243 e. The Kier molecular flexibility index (Phi) is 18.5. The standard InChI is InChI=1S/C54H69N9O6/c1-6-69-40-22-20-36(21-23-40)26-43(55)51(65)61-49(29-38-31-58-45-19-13-11-17-42(38)45)54(68)62-47(27-35-14-8-7-9-15-35)53(67)63-48(28-37-30-57-44-18-12-10-16-41(37)44)52(66)60-39(24-33(2)3)32-59-46(50(56)64)25-34(4)5/h7-23,30-31,33-34,39,43,46-49,57-59H,6,24-29,32,55H2,1-5H3,(H2,56,64)(H,60,66)(H,61,65)(H,62,68)(H,63,67)/t39-,43+,46-,47-,48+,49+/m0/s1. The summed E-state index contributed by atoms with van der Waals surface area (Å²) in [6.45, 7) is 10.8. The van der Waals surface area contributed by atoms with E-state index in [0.29, 0.717) is 25.2 Å². The summed E-state index contributed by atoms with van der Waals surface area (Å²) in [6, 6.07) is 26.6. The normalized spacial score (nSPS) is 14.1. The van der Waals surface area contributed by atoms with Crippen LogP contribution in [0.5, 0.6) is 5.75 Å². The summed E-state index contributed by atoms with van der Waals surface area (Å²) < 4.78 is 5.57. The molecule has 0 spiro atoms. The molecule has 0 aliphatic rings. The van der Waals surface area contributed by atoms with Gasteiger partial charge in [0.25, 0.3) is 0 Å². The van der Waals surface area contributed by atoms with Gasteiger partial charge in [-0.25, -0.2) is 0 Å². The van der Waals surface area contributed by atoms with Gasteiger partial charge >= 0.3 is 0 Å². The Morgan fingerprint density at radius 2 is 1.03 bits per heavy atom. The van der Waals surface area contributed by atoms with E-state index in [9.17, 15) is 24.0 Å². The molecule has 0 unspecified atom stereocenters. The largest absolute Gasteiger partial charge is 0.494 e. The Balaban J connectivity index is 1.28. The van der Waals surface area contributed by atoms with Crippen molar-refractivity contribution < 1.29 is 28.7 Å². The molecule has 366 valence electrons. The Hall–Kier alpha value is -6.97. The number of amides is 5. The van der Waals surface area contributed by atoms with Gasteiger partial charge in [0.15, 0.2) is 0 Å². The maximum Gasteiger partial charge on any atom is 0.243 e. The van der Waals surface area contributed by atoms with Crippen LogP contribution in [0.3, 0.4) is 0 Å². The molecule has 5 amide bonds. The number of hydrogen-bond acceptors (Lipinski definition) is 8. The Bertz CT molecular complexity index is 2630. The van der Waals surface area contributed by atoms with Gasteiger partial charge in [-0.05, 0) is 84.5 Å². The maximum atomic E-state index is 14.9. The zero-order chi connectivity index (χ0) is 49.5. The highest BCUT2D eigenvalue weighted by molar-refractivity contribution is 5.96. The first kappa shape index (κ1) is 51.4. The molecule has 0 saturated carbocycles. The summed E-state index contributed by atoms with van der Waals surface area (Å²) in [6.07, 6.45) is 5.24. The number of hydrogen-bond donors (Lipinski definition) is 9. The van der Waals surface area contributed by atoms with Gasteiger partial charge in [-0.2, -0.15) is 0 Å². The van der Waals surface area contributed by atoms with Gasteiger partial charge in [0, 0.05) is 66.0 Å². The number of rotatable bonds is 26. The zero-order valence-corrected chi connectivity index (χ0v) is 40.3. The van der Waals surface area contributed by atoms with Crippen molar-refractivity contribution in [1.29, 1.82) is 0 Å². The van der Waals surface area contributed by atoms with E-state index < -0.39 is 65.8 Å². The van der Waals surface area contributed by atoms with Crippen molar-refractivity contribution in [2.45, 2.75) is 109 Å². The number of H-pyrrole nitrogens is 2. The lowest BCUT2D eigenvalue weighted by Crippen LogP contribution is -2.60. The molecule has 4 aromatic carbocycles. The average Bonchev–Trinajstić information content (AvgIpc) is 3.93. The van der Waals surface area contributed by atoms with Gasteiger partial charge in [-0.3, -0.25) is 24.0 Å². The topological polar surface area (TPSA) is 238 Å². The number of benzene rings is 4. The van der Waals surface area contributed by atoms with Crippen LogP contribution in [0.15, 0.2) is 116 Å². The molecule has 2 heterocycles. The number of aromatic nitrogens is 2. The van der Waals surface area contributed by atoms with Crippen LogP contribution >= 0.6 is 0 Å². The number of carbonyl (C=O) groups excluding carboxylic acids is 5. The third kappa shape index (κ3) is 15.0. The van der Waals surface area contributed by atoms with E-state index in [2.05, 4.69) is 36.6 Å². The minimum absolute atomic E-state index is 0.0785. The van der Waals surface area contributed by atoms with Crippen LogP contribution in [0, 0.1) is 11.8 Å². The molecule has 0 aliphatic carbocycles. The first-order chi connectivity index (χ1) is 33.2. The third-order valence-corrected chi connectivity index (χ3v) is 12.2. The molecule has 6 rings (SSSR count). The molecule has 0 radical (unpaired) electrons. The SMILES string of the molecule is CCOc1ccc(C[C@@H](N)C(=O)N[C@H](Cc2c[nH]c3ccccc23)C(=O)N[C@@H](Cc2ccccc2)C(=O)N[C@H](Cc2c[nH]c3ccccc23)C(=O)N[C@H](CN[C@@H](CC(C)C)C(N)=O)CC(C)C)cc1. The van der Waals surface area contributed by atoms with Crippen molar-refractivity contribution in [1.82, 2.24) is 36.6 Å². The number of para-hydroxylation sites is 2. The van der Waals surface area contributed by atoms with Gasteiger partial charge in [0.2, 0.25) is 29.5 Å². The van der Waals surface area contributed by atoms with Crippen molar-refractivity contribution in [2.75, 3.05) is 13.2 Å². The number of nitrogens with two attached hydrogens (primary N) is 2. The number of nitrogens with one attached hydrogen (secondary N) is 7. The molecule has 15 nitrogen and oxygen atoms in total. The molecular weight excluding hydrogens is 871 g/mol. The van der Waals surface area contributed by atoms with E-state index in [1.807, 2.05) is 144 Å². The van der Waals surface area contributed by atoms with Gasteiger partial charge in [-0.1, -0.05) is 107 Å². The van der Waals surface area contributed by atoms with Crippen LogP contribution in [0.2, 0.25) is 0 Å². The van der Waals surface area contributed by atoms with Crippen LogP contribution < -0.4 is 42.8 Å². The molecule has 15 heteroatoms. The lowest BCUT2D eigenvalue weighted by atomic mass is 9.99. The average molecular weight is 940 g/mol. The minimum atomic E-state index is -1.18. The van der Waals surface area contributed by atoms with Gasteiger partial charge in [0.05, 0.1) is 18.7 Å². The van der Waals surface area contributed by atoms with E-state index in [-0.39, 0.29) is 44.1 Å². The van der Waals surface area contributed by atoms with Gasteiger partial charge in [-0.15, -0.1) is 0 Å². The lowest BCUT2D eigenvalue weighted by Gasteiger charge is -2.28. The van der Waals surface area contributed by atoms with E-state index in [1.165, 1.54) is 0 Å². The van der Waals surface area contributed by atoms with E-state index in [1.54, 1.807) is 6.20 Å². The van der Waals surface area contributed by atoms with Crippen molar-refractivity contribution in [2.24, 2.45) is 23.3 Å². The number of ether oxygens (including phenoxy) is 1. The number of fused-ring (bicyclic) bond motifs is 2. The van der Waals surface area contributed by atoms with E-state index in [0.717, 1.165) is 44.1 Å². The molecule has 0 fully saturated rings. The lowest BCUT2D eigenvalue weighted by molar-refractivity contribution is -0.134. The maximum absolute atomic E-state index is 14.9. The second-order valence-corrected chi connectivity index (χ2v) is 18.7. The summed E-state index contributed by atoms with van der Waals surface area (Å²) in [5.41, 5.74) is 17.2. The van der Waals surface area contributed by atoms with Crippen LogP contribution in [-0.2, 0) is 49.7 Å². The molecule has 2 aromatic heterocycles. The second kappa shape index (κ2) is 24.9. The second-order valence-electron chi connectivity index (χ2n) is 18.7. The van der Waals surface area contributed by atoms with Crippen LogP contribution in [0.25, 0.3) is 21.8 Å². The monoisotopic (exact) mass is 940 g/mol. The first-order valence-electron chi connectivity index (χ1n) is 24.0.